The largest absolute Gasteiger partial charge is 0.458 e. The molecule has 14 heteroatoms. The van der Waals surface area contributed by atoms with E-state index in [4.69, 9.17) is 23.1 Å². The molecule has 1 spiro atoms. The summed E-state index contributed by atoms with van der Waals surface area (Å²) in [5, 5.41) is 26.6. The molecule has 0 aromatic rings. The number of carbonyl (C=O) groups is 2. The Balaban J connectivity index is 1.15. The van der Waals surface area contributed by atoms with Crippen molar-refractivity contribution in [2.24, 2.45) is 39.9 Å². The van der Waals surface area contributed by atoms with E-state index in [-0.39, 0.29) is 72.1 Å². The molecule has 0 aromatic carbocycles. The summed E-state index contributed by atoms with van der Waals surface area (Å²) < 4.78 is 55.6. The van der Waals surface area contributed by atoms with E-state index in [1.54, 1.807) is 6.08 Å². The van der Waals surface area contributed by atoms with Gasteiger partial charge in [-0.25, -0.2) is 4.79 Å². The number of fused-ring (bicyclic) bond motifs is 8. The number of nitrogens with one attached hydrogen (secondary N) is 1. The number of ether oxygens (including phenoxy) is 4. The number of rotatable bonds is 5. The molecule has 1 amide bonds. The molecule has 4 aliphatic carbocycles. The first kappa shape index (κ1) is 32.9. The van der Waals surface area contributed by atoms with Crippen molar-refractivity contribution in [3.05, 3.63) is 11.6 Å². The first-order valence-corrected chi connectivity index (χ1v) is 20.0. The molecule has 3 saturated heterocycles. The number of aliphatic hydroxyl groups is 2. The highest BCUT2D eigenvalue weighted by atomic mass is 32.2. The zero-order chi connectivity index (χ0) is 33.2. The van der Waals surface area contributed by atoms with E-state index in [1.165, 1.54) is 11.8 Å². The fraction of sp³-hybridized carbons (Fsp3) is 0.879. The number of hydrogen-bond donors (Lipinski definition) is 3. The minimum Gasteiger partial charge on any atom is -0.458 e. The molecule has 4 aliphatic heterocycles. The van der Waals surface area contributed by atoms with Crippen molar-refractivity contribution in [1.29, 1.82) is 0 Å². The molecule has 0 radical (unpaired) electrons. The van der Waals surface area contributed by atoms with Gasteiger partial charge in [0.2, 0.25) is 12.2 Å². The van der Waals surface area contributed by atoms with Crippen molar-refractivity contribution in [3.8, 4) is 0 Å². The van der Waals surface area contributed by atoms with Gasteiger partial charge in [0.15, 0.2) is 0 Å². The third kappa shape index (κ3) is 4.64. The van der Waals surface area contributed by atoms with Crippen LogP contribution in [0.5, 0.6) is 0 Å². The summed E-state index contributed by atoms with van der Waals surface area (Å²) in [6.07, 6.45) is 6.72. The quantitative estimate of drug-likeness (QED) is 0.218. The second-order valence-corrected chi connectivity index (χ2v) is 18.9. The summed E-state index contributed by atoms with van der Waals surface area (Å²) in [6, 6.07) is 0. The molecule has 4 heterocycles. The first-order chi connectivity index (χ1) is 22.2. The average molecular weight is 698 g/mol. The molecule has 13 atom stereocenters. The zero-order valence-electron chi connectivity index (χ0n) is 27.3. The summed E-state index contributed by atoms with van der Waals surface area (Å²) in [5.41, 5.74) is -0.267. The Morgan fingerprint density at radius 2 is 1.89 bits per heavy atom. The van der Waals surface area contributed by atoms with Gasteiger partial charge in [-0.2, -0.15) is 8.42 Å². The Kier molecular flexibility index (Phi) is 7.61. The molecule has 7 fully saturated rings. The highest BCUT2D eigenvalue weighted by molar-refractivity contribution is 8.01. The third-order valence-electron chi connectivity index (χ3n) is 14.1. The third-order valence-corrected chi connectivity index (χ3v) is 16.1. The molecule has 1 unspecified atom stereocenters. The van der Waals surface area contributed by atoms with Gasteiger partial charge in [0, 0.05) is 29.9 Å². The van der Waals surface area contributed by atoms with Crippen LogP contribution in [-0.2, 0) is 42.8 Å². The van der Waals surface area contributed by atoms with Gasteiger partial charge in [-0.05, 0) is 93.0 Å². The monoisotopic (exact) mass is 697 g/mol. The van der Waals surface area contributed by atoms with Crippen molar-refractivity contribution in [2.75, 3.05) is 31.8 Å². The number of thioether (sulfide) groups is 1. The molecular weight excluding hydrogens is 650 g/mol. The highest BCUT2D eigenvalue weighted by Gasteiger charge is 2.73. The number of cyclic esters (lactones) is 1. The van der Waals surface area contributed by atoms with Gasteiger partial charge in [-0.3, -0.25) is 8.98 Å². The van der Waals surface area contributed by atoms with Crippen LogP contribution in [0.2, 0.25) is 0 Å². The van der Waals surface area contributed by atoms with Crippen LogP contribution in [0, 0.1) is 39.9 Å². The number of esters is 1. The summed E-state index contributed by atoms with van der Waals surface area (Å²) in [6.45, 7) is 4.47. The first-order valence-electron chi connectivity index (χ1n) is 17.2. The maximum Gasteiger partial charge on any atom is 0.331 e. The van der Waals surface area contributed by atoms with Crippen LogP contribution in [0.15, 0.2) is 11.6 Å². The van der Waals surface area contributed by atoms with Gasteiger partial charge in [0.1, 0.15) is 11.5 Å². The second kappa shape index (κ2) is 10.9. The van der Waals surface area contributed by atoms with Crippen LogP contribution in [-0.4, -0.2) is 97.6 Å². The number of hydrogen-bond acceptors (Lipinski definition) is 12. The van der Waals surface area contributed by atoms with Crippen molar-refractivity contribution in [3.63, 3.8) is 0 Å². The normalized spacial score (nSPS) is 52.1. The average Bonchev–Trinajstić information content (AvgIpc) is 3.69. The Morgan fingerprint density at radius 1 is 1.09 bits per heavy atom. The van der Waals surface area contributed by atoms with Gasteiger partial charge in [0.25, 0.3) is 15.9 Å². The lowest BCUT2D eigenvalue weighted by atomic mass is 9.39. The van der Waals surface area contributed by atoms with Gasteiger partial charge >= 0.3 is 5.97 Å². The van der Waals surface area contributed by atoms with Crippen LogP contribution >= 0.6 is 11.8 Å². The molecule has 12 nitrogen and oxygen atoms in total. The lowest BCUT2D eigenvalue weighted by molar-refractivity contribution is -0.449. The minimum absolute atomic E-state index is 0.00852. The Bertz CT molecular complexity index is 1490. The maximum absolute atomic E-state index is 12.6. The van der Waals surface area contributed by atoms with E-state index in [9.17, 15) is 28.2 Å². The van der Waals surface area contributed by atoms with Crippen LogP contribution in [0.3, 0.4) is 0 Å². The second-order valence-electron chi connectivity index (χ2n) is 16.0. The molecule has 4 saturated carbocycles. The molecule has 8 aliphatic rings. The van der Waals surface area contributed by atoms with Crippen molar-refractivity contribution in [1.82, 2.24) is 5.32 Å². The minimum atomic E-state index is -3.78. The van der Waals surface area contributed by atoms with Crippen molar-refractivity contribution in [2.45, 2.75) is 107 Å². The summed E-state index contributed by atoms with van der Waals surface area (Å²) in [4.78, 5) is 23.4. The van der Waals surface area contributed by atoms with Crippen LogP contribution in [0.4, 0.5) is 0 Å². The summed E-state index contributed by atoms with van der Waals surface area (Å²) >= 11 is 1.32. The van der Waals surface area contributed by atoms with Gasteiger partial charge in [-0.1, -0.05) is 6.92 Å². The maximum atomic E-state index is 12.6. The van der Waals surface area contributed by atoms with Gasteiger partial charge < -0.3 is 34.5 Å². The van der Waals surface area contributed by atoms with Gasteiger partial charge in [-0.15, -0.1) is 11.8 Å². The van der Waals surface area contributed by atoms with Crippen LogP contribution in [0.1, 0.15) is 71.6 Å². The molecule has 8 rings (SSSR count). The Labute approximate surface area is 280 Å². The number of aliphatic hydroxyl groups excluding tert-OH is 1. The molecule has 3 N–H and O–H groups in total. The number of carbonyl (C=O) groups excluding carboxylic acids is 2. The Morgan fingerprint density at radius 3 is 2.57 bits per heavy atom. The van der Waals surface area contributed by atoms with Gasteiger partial charge in [0.05, 0.1) is 36.9 Å². The van der Waals surface area contributed by atoms with Crippen LogP contribution in [0.25, 0.3) is 0 Å². The Hall–Kier alpha value is -1.26. The summed E-state index contributed by atoms with van der Waals surface area (Å²) in [5.74, 6) is -1.91. The molecule has 0 aromatic heterocycles. The molecule has 47 heavy (non-hydrogen) atoms. The predicted molar refractivity (Wildman–Crippen MR) is 168 cm³/mol. The lowest BCUT2D eigenvalue weighted by Crippen LogP contribution is -2.76. The van der Waals surface area contributed by atoms with E-state index in [1.807, 2.05) is 6.92 Å². The predicted octanol–water partition coefficient (Wildman–Crippen LogP) is 2.22. The van der Waals surface area contributed by atoms with Crippen molar-refractivity contribution >= 4 is 33.8 Å². The SMILES string of the molecule is C[C@@H]1C[C@@]2(NC(=O)CS2)C2(O)O[C@@H]3C[C@@]4(COS(C)(=O)=O)[C@@H](CC[C@@H]5[C@@H]4CC[C@]4(C)[C@@H](C6=CC(=O)OC6)CC[C@]54CO)C[C@H]3O[C@@H]2O1. The zero-order valence-corrected chi connectivity index (χ0v) is 28.9. The van der Waals surface area contributed by atoms with E-state index < -0.39 is 44.0 Å². The molecule has 0 bridgehead atoms. The molecule has 262 valence electrons. The van der Waals surface area contributed by atoms with E-state index in [0.717, 1.165) is 50.4 Å². The summed E-state index contributed by atoms with van der Waals surface area (Å²) in [7, 11) is -3.78. The fourth-order valence-corrected chi connectivity index (χ4v) is 13.8. The number of amides is 1. The van der Waals surface area contributed by atoms with Crippen molar-refractivity contribution < 1.29 is 51.4 Å². The highest BCUT2D eigenvalue weighted by Crippen LogP contribution is 2.74. The topological polar surface area (TPSA) is 167 Å². The molecular formula is C33H47NO11S2. The van der Waals surface area contributed by atoms with E-state index >= 15 is 0 Å². The van der Waals surface area contributed by atoms with Crippen LogP contribution < -0.4 is 5.32 Å². The standard InChI is InChI=1S/C33H47NO11S2/c1-18-12-32(34-26(36)15-46-32)33(38)28(43-18)44-24-11-20-4-5-23-22(30(20,13-25(24)45-33)17-42-47(3,39)40)6-8-29(2)21(7-9-31(23,29)16-35)19-10-27(37)41-14-19/h10,18,20-25,28,35,38H,4-9,11-17H2,1-3H3,(H,34,36)/t18-,20+,21-,22+,23-,24-,25-,28+,29-,30-,31+,32+,33?/m1/s1. The fourth-order valence-electron chi connectivity index (χ4n) is 12.0. The lowest BCUT2D eigenvalue weighted by Gasteiger charge is -2.67. The van der Waals surface area contributed by atoms with E-state index in [2.05, 4.69) is 12.2 Å². The smallest absolute Gasteiger partial charge is 0.331 e. The van der Waals surface area contributed by atoms with E-state index in [0.29, 0.717) is 25.9 Å².